The fourth-order valence-corrected chi connectivity index (χ4v) is 3.48. The molecule has 2 heterocycles. The Morgan fingerprint density at radius 1 is 1.38 bits per heavy atom. The first-order valence-corrected chi connectivity index (χ1v) is 9.80. The molecule has 2 amide bonds. The van der Waals surface area contributed by atoms with Gasteiger partial charge in [-0.2, -0.15) is 10.2 Å². The molecule has 0 saturated heterocycles. The molecule has 0 spiro atoms. The van der Waals surface area contributed by atoms with Crippen molar-refractivity contribution in [1.82, 2.24) is 25.3 Å². The Kier molecular flexibility index (Phi) is 6.86. The first-order chi connectivity index (χ1) is 14.0. The van der Waals surface area contributed by atoms with E-state index in [1.807, 2.05) is 19.9 Å². The van der Waals surface area contributed by atoms with Gasteiger partial charge in [-0.05, 0) is 39.2 Å². The normalized spacial score (nSPS) is 18.8. The number of H-pyrrole nitrogens is 1. The fraction of sp³-hybridized carbons (Fsp3) is 0.579. The van der Waals surface area contributed by atoms with Gasteiger partial charge in [-0.15, -0.1) is 0 Å². The van der Waals surface area contributed by atoms with Gasteiger partial charge in [0, 0.05) is 37.0 Å². The Labute approximate surface area is 169 Å². The molecular formula is C19H28N6O4. The van der Waals surface area contributed by atoms with Crippen LogP contribution in [-0.2, 0) is 16.0 Å². The molecule has 1 aliphatic carbocycles. The van der Waals surface area contributed by atoms with Crippen LogP contribution in [0.4, 0.5) is 10.6 Å². The summed E-state index contributed by atoms with van der Waals surface area (Å²) in [7, 11) is 1.60. The highest BCUT2D eigenvalue weighted by atomic mass is 16.6. The zero-order valence-electron chi connectivity index (χ0n) is 17.0. The average Bonchev–Trinajstić information content (AvgIpc) is 3.39. The third-order valence-electron chi connectivity index (χ3n) is 4.83. The lowest BCUT2D eigenvalue weighted by molar-refractivity contribution is 0.101. The van der Waals surface area contributed by atoms with Crippen molar-refractivity contribution in [2.45, 2.75) is 57.7 Å². The van der Waals surface area contributed by atoms with Crippen LogP contribution in [0.1, 0.15) is 55.2 Å². The smallest absolute Gasteiger partial charge is 0.407 e. The van der Waals surface area contributed by atoms with Gasteiger partial charge in [0.05, 0.1) is 19.3 Å². The van der Waals surface area contributed by atoms with E-state index >= 15 is 0 Å². The Morgan fingerprint density at radius 2 is 2.21 bits per heavy atom. The first-order valence-electron chi connectivity index (χ1n) is 9.80. The lowest BCUT2D eigenvalue weighted by Gasteiger charge is -2.14. The second-order valence-corrected chi connectivity index (χ2v) is 7.40. The maximum Gasteiger partial charge on any atom is 0.407 e. The minimum Gasteiger partial charge on any atom is -0.447 e. The molecule has 2 unspecified atom stereocenters. The highest BCUT2D eigenvalue weighted by molar-refractivity contribution is 6.02. The molecule has 10 nitrogen and oxygen atoms in total. The number of aromatic nitrogens is 4. The van der Waals surface area contributed by atoms with Crippen molar-refractivity contribution in [2.75, 3.05) is 19.0 Å². The monoisotopic (exact) mass is 404 g/mol. The molecule has 0 aliphatic heterocycles. The van der Waals surface area contributed by atoms with Crippen molar-refractivity contribution < 1.29 is 19.1 Å². The largest absolute Gasteiger partial charge is 0.447 e. The van der Waals surface area contributed by atoms with Crippen molar-refractivity contribution in [3.05, 3.63) is 29.7 Å². The summed E-state index contributed by atoms with van der Waals surface area (Å²) in [6.45, 7) is 4.61. The maximum absolute atomic E-state index is 12.5. The SMILES string of the molecule is COCCn1nccc1C(=O)Nc1cc(C2CCC(NC(=O)OC(C)C)C2)[nH]n1. The van der Waals surface area contributed by atoms with Crippen LogP contribution in [-0.4, -0.2) is 57.8 Å². The van der Waals surface area contributed by atoms with Crippen LogP contribution in [0.25, 0.3) is 0 Å². The molecule has 3 rings (SSSR count). The number of carbonyl (C=O) groups is 2. The number of amides is 2. The average molecular weight is 404 g/mol. The zero-order chi connectivity index (χ0) is 20.8. The lowest BCUT2D eigenvalue weighted by atomic mass is 10.0. The summed E-state index contributed by atoms with van der Waals surface area (Å²) >= 11 is 0. The quantitative estimate of drug-likeness (QED) is 0.620. The molecule has 2 atom stereocenters. The second kappa shape index (κ2) is 9.55. The van der Waals surface area contributed by atoms with E-state index in [1.54, 1.807) is 24.1 Å². The van der Waals surface area contributed by atoms with Gasteiger partial charge in [0.1, 0.15) is 5.69 Å². The Bertz CT molecular complexity index is 830. The van der Waals surface area contributed by atoms with E-state index < -0.39 is 0 Å². The maximum atomic E-state index is 12.5. The molecule has 3 N–H and O–H groups in total. The Morgan fingerprint density at radius 3 is 2.97 bits per heavy atom. The van der Waals surface area contributed by atoms with E-state index in [4.69, 9.17) is 9.47 Å². The minimum absolute atomic E-state index is 0.0720. The summed E-state index contributed by atoms with van der Waals surface area (Å²) < 4.78 is 11.8. The molecule has 158 valence electrons. The van der Waals surface area contributed by atoms with Gasteiger partial charge in [0.15, 0.2) is 5.82 Å². The van der Waals surface area contributed by atoms with E-state index in [1.165, 1.54) is 0 Å². The predicted octanol–water partition coefficient (Wildman–Crippen LogP) is 2.28. The number of methoxy groups -OCH3 is 1. The molecule has 29 heavy (non-hydrogen) atoms. The predicted molar refractivity (Wildman–Crippen MR) is 106 cm³/mol. The van der Waals surface area contributed by atoms with Crippen molar-refractivity contribution in [1.29, 1.82) is 0 Å². The van der Waals surface area contributed by atoms with Crippen molar-refractivity contribution in [3.63, 3.8) is 0 Å². The molecule has 2 aromatic rings. The van der Waals surface area contributed by atoms with Crippen LogP contribution < -0.4 is 10.6 Å². The van der Waals surface area contributed by atoms with Gasteiger partial charge in [0.2, 0.25) is 0 Å². The van der Waals surface area contributed by atoms with E-state index in [2.05, 4.69) is 25.9 Å². The van der Waals surface area contributed by atoms with E-state index in [9.17, 15) is 9.59 Å². The van der Waals surface area contributed by atoms with Crippen LogP contribution in [0.2, 0.25) is 0 Å². The number of aromatic amines is 1. The van der Waals surface area contributed by atoms with Crippen LogP contribution in [0.5, 0.6) is 0 Å². The number of anilines is 1. The van der Waals surface area contributed by atoms with Crippen molar-refractivity contribution in [3.8, 4) is 0 Å². The molecule has 10 heteroatoms. The van der Waals surface area contributed by atoms with Crippen molar-refractivity contribution >= 4 is 17.8 Å². The number of nitrogens with zero attached hydrogens (tertiary/aromatic N) is 3. The van der Waals surface area contributed by atoms with Crippen molar-refractivity contribution in [2.24, 2.45) is 0 Å². The zero-order valence-corrected chi connectivity index (χ0v) is 17.0. The molecule has 1 aliphatic rings. The lowest BCUT2D eigenvalue weighted by Crippen LogP contribution is -2.34. The number of hydrogen-bond acceptors (Lipinski definition) is 6. The van der Waals surface area contributed by atoms with Crippen LogP contribution in [0.15, 0.2) is 18.3 Å². The highest BCUT2D eigenvalue weighted by Crippen LogP contribution is 2.34. The van der Waals surface area contributed by atoms with Crippen LogP contribution in [0.3, 0.4) is 0 Å². The number of carbonyl (C=O) groups excluding carboxylic acids is 2. The van der Waals surface area contributed by atoms with E-state index in [0.717, 1.165) is 25.0 Å². The summed E-state index contributed by atoms with van der Waals surface area (Å²) in [4.78, 5) is 24.3. The molecule has 2 aromatic heterocycles. The van der Waals surface area contributed by atoms with Gasteiger partial charge >= 0.3 is 6.09 Å². The molecule has 0 aromatic carbocycles. The Balaban J connectivity index is 1.54. The summed E-state index contributed by atoms with van der Waals surface area (Å²) in [6, 6.07) is 3.57. The summed E-state index contributed by atoms with van der Waals surface area (Å²) in [5.74, 6) is 0.420. The summed E-state index contributed by atoms with van der Waals surface area (Å²) in [5, 5.41) is 17.0. The Hall–Kier alpha value is -2.88. The van der Waals surface area contributed by atoms with Crippen LogP contribution in [0, 0.1) is 0 Å². The standard InChI is InChI=1S/C19H28N6O4/c1-12(2)29-19(27)21-14-5-4-13(10-14)15-11-17(24-23-15)22-18(26)16-6-7-20-25(16)8-9-28-3/h6-7,11-14H,4-5,8-10H2,1-3H3,(H,21,27)(H2,22,23,24,26). The number of nitrogens with one attached hydrogen (secondary N) is 3. The van der Waals surface area contributed by atoms with Crippen LogP contribution >= 0.6 is 0 Å². The molecule has 1 saturated carbocycles. The molecule has 1 fully saturated rings. The first kappa shape index (κ1) is 20.8. The van der Waals surface area contributed by atoms with Gasteiger partial charge in [0.25, 0.3) is 5.91 Å². The third kappa shape index (κ3) is 5.57. The summed E-state index contributed by atoms with van der Waals surface area (Å²) in [5.41, 5.74) is 1.38. The van der Waals surface area contributed by atoms with Gasteiger partial charge in [-0.3, -0.25) is 14.6 Å². The second-order valence-electron chi connectivity index (χ2n) is 7.40. The summed E-state index contributed by atoms with van der Waals surface area (Å²) in [6.07, 6.45) is 3.65. The minimum atomic E-state index is -0.381. The van der Waals surface area contributed by atoms with Gasteiger partial charge in [-0.1, -0.05) is 0 Å². The van der Waals surface area contributed by atoms with E-state index in [0.29, 0.717) is 24.7 Å². The third-order valence-corrected chi connectivity index (χ3v) is 4.83. The van der Waals surface area contributed by atoms with Gasteiger partial charge < -0.3 is 20.1 Å². The molecular weight excluding hydrogens is 376 g/mol. The van der Waals surface area contributed by atoms with E-state index in [-0.39, 0.29) is 30.1 Å². The fourth-order valence-electron chi connectivity index (χ4n) is 3.48. The molecule has 0 bridgehead atoms. The topological polar surface area (TPSA) is 123 Å². The molecule has 0 radical (unpaired) electrons. The number of ether oxygens (including phenoxy) is 2. The highest BCUT2D eigenvalue weighted by Gasteiger charge is 2.29. The number of alkyl carbamates (subject to hydrolysis) is 1. The number of hydrogen-bond donors (Lipinski definition) is 3. The van der Waals surface area contributed by atoms with Gasteiger partial charge in [-0.25, -0.2) is 4.79 Å². The number of rotatable bonds is 8.